The number of benzene rings is 2. The summed E-state index contributed by atoms with van der Waals surface area (Å²) in [6.07, 6.45) is -0.751. The lowest BCUT2D eigenvalue weighted by atomic mass is 10.0. The average molecular weight is 331 g/mol. The van der Waals surface area contributed by atoms with Gasteiger partial charge in [-0.25, -0.2) is 0 Å². The second-order valence-electron chi connectivity index (χ2n) is 5.15. The summed E-state index contributed by atoms with van der Waals surface area (Å²) in [5.74, 6) is 0.572. The molecule has 0 aliphatic heterocycles. The summed E-state index contributed by atoms with van der Waals surface area (Å²) < 4.78 is 6.71. The Morgan fingerprint density at radius 2 is 1.80 bits per heavy atom. The topological polar surface area (TPSA) is 33.4 Å². The van der Waals surface area contributed by atoms with Gasteiger partial charge in [-0.1, -0.05) is 33.6 Å². The van der Waals surface area contributed by atoms with Gasteiger partial charge in [0, 0.05) is 9.86 Å². The number of aryl methyl sites for hydroxylation is 2. The number of fused-ring (bicyclic) bond motifs is 1. The molecule has 0 saturated carbocycles. The third-order valence-corrected chi connectivity index (χ3v) is 3.80. The Balaban J connectivity index is 2.05. The fourth-order valence-electron chi connectivity index (χ4n) is 2.40. The lowest BCUT2D eigenvalue weighted by Crippen LogP contribution is -1.98. The fourth-order valence-corrected chi connectivity index (χ4v) is 3.03. The molecule has 3 rings (SSSR count). The molecule has 1 atom stereocenters. The number of aliphatic hydroxyl groups excluding tert-OH is 1. The summed E-state index contributed by atoms with van der Waals surface area (Å²) in [7, 11) is 0. The number of hydrogen-bond acceptors (Lipinski definition) is 2. The molecule has 0 fully saturated rings. The zero-order valence-corrected chi connectivity index (χ0v) is 12.9. The highest BCUT2D eigenvalue weighted by molar-refractivity contribution is 9.10. The van der Waals surface area contributed by atoms with Crippen molar-refractivity contribution in [2.24, 2.45) is 0 Å². The minimum Gasteiger partial charge on any atom is -0.458 e. The van der Waals surface area contributed by atoms with Crippen LogP contribution >= 0.6 is 15.9 Å². The predicted octanol–water partition coefficient (Wildman–Crippen LogP) is 4.89. The first-order valence-electron chi connectivity index (χ1n) is 6.48. The van der Waals surface area contributed by atoms with Gasteiger partial charge in [-0.15, -0.1) is 0 Å². The van der Waals surface area contributed by atoms with Crippen molar-refractivity contribution in [1.82, 2.24) is 0 Å². The van der Waals surface area contributed by atoms with Crippen LogP contribution in [0.3, 0.4) is 0 Å². The lowest BCUT2D eigenvalue weighted by molar-refractivity contribution is 0.192. The van der Waals surface area contributed by atoms with Gasteiger partial charge >= 0.3 is 0 Å². The Morgan fingerprint density at radius 3 is 2.55 bits per heavy atom. The highest BCUT2D eigenvalue weighted by Crippen LogP contribution is 2.30. The van der Waals surface area contributed by atoms with Gasteiger partial charge in [0.2, 0.25) is 0 Å². The van der Waals surface area contributed by atoms with Crippen molar-refractivity contribution in [1.29, 1.82) is 0 Å². The highest BCUT2D eigenvalue weighted by atomic mass is 79.9. The summed E-state index contributed by atoms with van der Waals surface area (Å²) in [5.41, 5.74) is 3.90. The van der Waals surface area contributed by atoms with Crippen molar-refractivity contribution in [2.75, 3.05) is 0 Å². The third kappa shape index (κ3) is 2.51. The summed E-state index contributed by atoms with van der Waals surface area (Å²) in [4.78, 5) is 0. The van der Waals surface area contributed by atoms with Gasteiger partial charge in [-0.3, -0.25) is 0 Å². The van der Waals surface area contributed by atoms with Crippen LogP contribution in [0.5, 0.6) is 0 Å². The molecule has 0 amide bonds. The maximum absolute atomic E-state index is 10.5. The quantitative estimate of drug-likeness (QED) is 0.725. The van der Waals surface area contributed by atoms with E-state index in [4.69, 9.17) is 4.42 Å². The molecule has 2 nitrogen and oxygen atoms in total. The molecule has 3 heteroatoms. The van der Waals surface area contributed by atoms with E-state index in [-0.39, 0.29) is 0 Å². The second-order valence-corrected chi connectivity index (χ2v) is 6.07. The van der Waals surface area contributed by atoms with Gasteiger partial charge in [0.05, 0.1) is 0 Å². The van der Waals surface area contributed by atoms with Crippen LogP contribution in [0.2, 0.25) is 0 Å². The Labute approximate surface area is 126 Å². The van der Waals surface area contributed by atoms with E-state index in [1.165, 1.54) is 5.56 Å². The molecule has 0 spiro atoms. The number of furan rings is 1. The highest BCUT2D eigenvalue weighted by Gasteiger charge is 2.16. The molecular formula is C17H15BrO2. The molecule has 0 aliphatic carbocycles. The number of aliphatic hydroxyl groups is 1. The third-order valence-electron chi connectivity index (χ3n) is 3.34. The predicted molar refractivity (Wildman–Crippen MR) is 83.9 cm³/mol. The van der Waals surface area contributed by atoms with Crippen LogP contribution in [0.4, 0.5) is 0 Å². The van der Waals surface area contributed by atoms with Crippen molar-refractivity contribution in [2.45, 2.75) is 20.0 Å². The molecule has 0 aliphatic rings. The number of hydrogen-bond donors (Lipinski definition) is 1. The van der Waals surface area contributed by atoms with E-state index >= 15 is 0 Å². The van der Waals surface area contributed by atoms with Gasteiger partial charge in [0.15, 0.2) is 0 Å². The first kappa shape index (κ1) is 13.4. The molecule has 3 aromatic rings. The summed E-state index contributed by atoms with van der Waals surface area (Å²) >= 11 is 3.46. The SMILES string of the molecule is Cc1cc(Br)cc(C(O)c2cc3cc(C)ccc3o2)c1. The van der Waals surface area contributed by atoms with Crippen LogP contribution < -0.4 is 0 Å². The molecule has 2 aromatic carbocycles. The summed E-state index contributed by atoms with van der Waals surface area (Å²) in [6, 6.07) is 13.8. The maximum Gasteiger partial charge on any atom is 0.138 e. The van der Waals surface area contributed by atoms with Crippen molar-refractivity contribution < 1.29 is 9.52 Å². The standard InChI is InChI=1S/C17H15BrO2/c1-10-3-4-15-12(5-10)9-16(20-15)17(19)13-6-11(2)7-14(18)8-13/h3-9,17,19H,1-2H3. The van der Waals surface area contributed by atoms with Gasteiger partial charge < -0.3 is 9.52 Å². The van der Waals surface area contributed by atoms with Crippen molar-refractivity contribution >= 4 is 26.9 Å². The Kier molecular flexibility index (Phi) is 3.40. The zero-order chi connectivity index (χ0) is 14.3. The smallest absolute Gasteiger partial charge is 0.138 e. The largest absolute Gasteiger partial charge is 0.458 e. The van der Waals surface area contributed by atoms with Crippen LogP contribution in [0.25, 0.3) is 11.0 Å². The summed E-state index contributed by atoms with van der Waals surface area (Å²) in [5, 5.41) is 11.5. The number of halogens is 1. The van der Waals surface area contributed by atoms with Crippen LogP contribution in [0.15, 0.2) is 51.4 Å². The van der Waals surface area contributed by atoms with Crippen LogP contribution in [0, 0.1) is 13.8 Å². The molecule has 0 bridgehead atoms. The van der Waals surface area contributed by atoms with E-state index in [1.807, 2.05) is 50.2 Å². The van der Waals surface area contributed by atoms with Gasteiger partial charge in [0.25, 0.3) is 0 Å². The van der Waals surface area contributed by atoms with Crippen LogP contribution in [0.1, 0.15) is 28.6 Å². The van der Waals surface area contributed by atoms with Gasteiger partial charge in [-0.05, 0) is 55.3 Å². The Bertz CT molecular complexity index is 754. The van der Waals surface area contributed by atoms with Gasteiger partial charge in [-0.2, -0.15) is 0 Å². The first-order valence-corrected chi connectivity index (χ1v) is 7.27. The van der Waals surface area contributed by atoms with E-state index < -0.39 is 6.10 Å². The Morgan fingerprint density at radius 1 is 1.00 bits per heavy atom. The maximum atomic E-state index is 10.5. The normalized spacial score (nSPS) is 12.8. The van der Waals surface area contributed by atoms with E-state index in [1.54, 1.807) is 0 Å². The van der Waals surface area contributed by atoms with Crippen LogP contribution in [-0.2, 0) is 0 Å². The Hall–Kier alpha value is -1.58. The molecule has 20 heavy (non-hydrogen) atoms. The average Bonchev–Trinajstić information content (AvgIpc) is 2.79. The van der Waals surface area contributed by atoms with Gasteiger partial charge in [0.1, 0.15) is 17.4 Å². The zero-order valence-electron chi connectivity index (χ0n) is 11.4. The molecule has 1 unspecified atom stereocenters. The molecule has 0 radical (unpaired) electrons. The van der Waals surface area contributed by atoms with E-state index in [2.05, 4.69) is 22.0 Å². The molecule has 1 heterocycles. The fraction of sp³-hybridized carbons (Fsp3) is 0.176. The van der Waals surface area contributed by atoms with Crippen molar-refractivity contribution in [3.63, 3.8) is 0 Å². The van der Waals surface area contributed by atoms with E-state index in [0.29, 0.717) is 5.76 Å². The molecule has 0 saturated heterocycles. The molecule has 1 aromatic heterocycles. The monoisotopic (exact) mass is 330 g/mol. The second kappa shape index (κ2) is 5.08. The number of rotatable bonds is 2. The summed E-state index contributed by atoms with van der Waals surface area (Å²) in [6.45, 7) is 4.04. The minimum absolute atomic E-state index is 0.572. The van der Waals surface area contributed by atoms with Crippen LogP contribution in [-0.4, -0.2) is 5.11 Å². The molecule has 1 N–H and O–H groups in total. The first-order chi connectivity index (χ1) is 9.52. The van der Waals surface area contributed by atoms with E-state index in [9.17, 15) is 5.11 Å². The van der Waals surface area contributed by atoms with Crippen molar-refractivity contribution in [3.05, 3.63) is 69.4 Å². The van der Waals surface area contributed by atoms with E-state index in [0.717, 1.165) is 26.6 Å². The molecular weight excluding hydrogens is 316 g/mol. The molecule has 102 valence electrons. The van der Waals surface area contributed by atoms with Crippen molar-refractivity contribution in [3.8, 4) is 0 Å². The minimum atomic E-state index is -0.751. The lowest BCUT2D eigenvalue weighted by Gasteiger charge is -2.09.